The monoisotopic (exact) mass is 346 g/mol. The second kappa shape index (κ2) is 7.27. The first-order chi connectivity index (χ1) is 10.1. The molecular weight excluding hydrogens is 328 g/mol. The van der Waals surface area contributed by atoms with Gasteiger partial charge in [-0.05, 0) is 43.2 Å². The maximum Gasteiger partial charge on any atom is 0.239 e. The van der Waals surface area contributed by atoms with Gasteiger partial charge in [-0.1, -0.05) is 46.3 Å². The quantitative estimate of drug-likeness (QED) is 0.857. The van der Waals surface area contributed by atoms with Crippen LogP contribution in [0.25, 0.3) is 0 Å². The van der Waals surface area contributed by atoms with Crippen molar-refractivity contribution in [1.82, 2.24) is 5.32 Å². The van der Waals surface area contributed by atoms with Crippen LogP contribution in [-0.4, -0.2) is 12.5 Å². The number of hydrogen-bond acceptors (Lipinski definition) is 2. The van der Waals surface area contributed by atoms with Gasteiger partial charge < -0.3 is 10.6 Å². The number of halogens is 1. The summed E-state index contributed by atoms with van der Waals surface area (Å²) in [6.45, 7) is 4.27. The highest BCUT2D eigenvalue weighted by atomic mass is 79.9. The van der Waals surface area contributed by atoms with Crippen LogP contribution in [-0.2, 0) is 4.79 Å². The highest BCUT2D eigenvalue weighted by Gasteiger charge is 2.09. The van der Waals surface area contributed by atoms with E-state index in [2.05, 4.69) is 26.6 Å². The van der Waals surface area contributed by atoms with Crippen molar-refractivity contribution >= 4 is 27.5 Å². The second-order valence-electron chi connectivity index (χ2n) is 5.01. The summed E-state index contributed by atoms with van der Waals surface area (Å²) in [5, 5.41) is 6.15. The number of nitrogens with one attached hydrogen (secondary N) is 2. The van der Waals surface area contributed by atoms with E-state index in [4.69, 9.17) is 0 Å². The number of para-hydroxylation sites is 1. The number of anilines is 1. The second-order valence-corrected chi connectivity index (χ2v) is 5.92. The van der Waals surface area contributed by atoms with E-state index in [0.29, 0.717) is 0 Å². The molecule has 1 unspecified atom stereocenters. The minimum atomic E-state index is -0.0197. The van der Waals surface area contributed by atoms with E-state index in [1.165, 1.54) is 0 Å². The van der Waals surface area contributed by atoms with Crippen molar-refractivity contribution in [2.75, 3.05) is 11.9 Å². The lowest BCUT2D eigenvalue weighted by molar-refractivity contribution is -0.120. The van der Waals surface area contributed by atoms with Gasteiger partial charge in [-0.3, -0.25) is 4.79 Å². The summed E-state index contributed by atoms with van der Waals surface area (Å²) in [4.78, 5) is 12.0. The minimum Gasteiger partial charge on any atom is -0.376 e. The molecule has 0 radical (unpaired) electrons. The van der Waals surface area contributed by atoms with Crippen molar-refractivity contribution in [3.63, 3.8) is 0 Å². The molecule has 1 atom stereocenters. The molecule has 2 N–H and O–H groups in total. The highest BCUT2D eigenvalue weighted by molar-refractivity contribution is 9.10. The first-order valence-corrected chi connectivity index (χ1v) is 7.70. The fourth-order valence-electron chi connectivity index (χ4n) is 2.07. The fourth-order valence-corrected chi connectivity index (χ4v) is 2.34. The standard InChI is InChI=1S/C17H19BrN2O/c1-12-5-3-4-6-16(12)19-11-17(21)20-13(2)14-7-9-15(18)10-8-14/h3-10,13,19H,11H2,1-2H3,(H,20,21). The fraction of sp³-hybridized carbons (Fsp3) is 0.235. The maximum absolute atomic E-state index is 12.0. The molecule has 3 nitrogen and oxygen atoms in total. The Labute approximate surface area is 133 Å². The summed E-state index contributed by atoms with van der Waals surface area (Å²) in [5.74, 6) is -0.0197. The van der Waals surface area contributed by atoms with Gasteiger partial charge >= 0.3 is 0 Å². The van der Waals surface area contributed by atoms with Gasteiger partial charge in [0.15, 0.2) is 0 Å². The number of benzene rings is 2. The number of rotatable bonds is 5. The Kier molecular flexibility index (Phi) is 5.39. The molecule has 0 spiro atoms. The highest BCUT2D eigenvalue weighted by Crippen LogP contribution is 2.16. The molecule has 2 rings (SSSR count). The Morgan fingerprint density at radius 3 is 2.48 bits per heavy atom. The van der Waals surface area contributed by atoms with Crippen LogP contribution in [0.4, 0.5) is 5.69 Å². The van der Waals surface area contributed by atoms with Crippen LogP contribution in [0.1, 0.15) is 24.1 Å². The van der Waals surface area contributed by atoms with Crippen LogP contribution in [0.3, 0.4) is 0 Å². The molecule has 0 aliphatic rings. The maximum atomic E-state index is 12.0. The summed E-state index contributed by atoms with van der Waals surface area (Å²) >= 11 is 3.41. The topological polar surface area (TPSA) is 41.1 Å². The first kappa shape index (κ1) is 15.6. The Balaban J connectivity index is 1.87. The zero-order chi connectivity index (χ0) is 15.2. The molecule has 1 amide bonds. The van der Waals surface area contributed by atoms with E-state index in [9.17, 15) is 4.79 Å². The van der Waals surface area contributed by atoms with Gasteiger partial charge in [-0.2, -0.15) is 0 Å². The zero-order valence-corrected chi connectivity index (χ0v) is 13.8. The van der Waals surface area contributed by atoms with Gasteiger partial charge in [0.2, 0.25) is 5.91 Å². The summed E-state index contributed by atoms with van der Waals surface area (Å²) in [7, 11) is 0. The molecule has 110 valence electrons. The van der Waals surface area contributed by atoms with Crippen molar-refractivity contribution in [1.29, 1.82) is 0 Å². The van der Waals surface area contributed by atoms with E-state index in [0.717, 1.165) is 21.3 Å². The lowest BCUT2D eigenvalue weighted by Crippen LogP contribution is -2.32. The smallest absolute Gasteiger partial charge is 0.239 e. The Bertz CT molecular complexity index is 610. The Hall–Kier alpha value is -1.81. The van der Waals surface area contributed by atoms with Crippen LogP contribution in [0, 0.1) is 6.92 Å². The van der Waals surface area contributed by atoms with Crippen molar-refractivity contribution in [3.05, 3.63) is 64.1 Å². The summed E-state index contributed by atoms with van der Waals surface area (Å²) in [6, 6.07) is 15.9. The number of amides is 1. The molecule has 0 saturated heterocycles. The van der Waals surface area contributed by atoms with Crippen molar-refractivity contribution in [2.45, 2.75) is 19.9 Å². The van der Waals surface area contributed by atoms with E-state index in [-0.39, 0.29) is 18.5 Å². The molecule has 2 aromatic carbocycles. The molecule has 0 fully saturated rings. The number of aryl methyl sites for hydroxylation is 1. The third-order valence-corrected chi connectivity index (χ3v) is 3.86. The summed E-state index contributed by atoms with van der Waals surface area (Å²) in [6.07, 6.45) is 0. The van der Waals surface area contributed by atoms with Crippen LogP contribution in [0.5, 0.6) is 0 Å². The Morgan fingerprint density at radius 2 is 1.81 bits per heavy atom. The van der Waals surface area contributed by atoms with Gasteiger partial charge in [0.25, 0.3) is 0 Å². The normalized spacial score (nSPS) is 11.8. The molecule has 4 heteroatoms. The van der Waals surface area contributed by atoms with Gasteiger partial charge in [0.1, 0.15) is 0 Å². The van der Waals surface area contributed by atoms with E-state index < -0.39 is 0 Å². The minimum absolute atomic E-state index is 0.00993. The van der Waals surface area contributed by atoms with E-state index in [1.54, 1.807) is 0 Å². The summed E-state index contributed by atoms with van der Waals surface area (Å²) < 4.78 is 1.03. The third kappa shape index (κ3) is 4.60. The van der Waals surface area contributed by atoms with Crippen molar-refractivity contribution in [3.8, 4) is 0 Å². The molecule has 0 aliphatic carbocycles. The molecule has 0 heterocycles. The van der Waals surface area contributed by atoms with Gasteiger partial charge in [-0.15, -0.1) is 0 Å². The van der Waals surface area contributed by atoms with Crippen LogP contribution < -0.4 is 10.6 Å². The lowest BCUT2D eigenvalue weighted by Gasteiger charge is -2.15. The molecule has 2 aromatic rings. The zero-order valence-electron chi connectivity index (χ0n) is 12.2. The van der Waals surface area contributed by atoms with Gasteiger partial charge in [0, 0.05) is 10.2 Å². The van der Waals surface area contributed by atoms with Crippen molar-refractivity contribution in [2.24, 2.45) is 0 Å². The average molecular weight is 347 g/mol. The van der Waals surface area contributed by atoms with Crippen molar-refractivity contribution < 1.29 is 4.79 Å². The molecule has 0 aromatic heterocycles. The van der Waals surface area contributed by atoms with Gasteiger partial charge in [-0.25, -0.2) is 0 Å². The number of carbonyl (C=O) groups excluding carboxylic acids is 1. The molecule has 0 bridgehead atoms. The first-order valence-electron chi connectivity index (χ1n) is 6.90. The predicted octanol–water partition coefficient (Wildman–Crippen LogP) is 4.05. The van der Waals surface area contributed by atoms with E-state index >= 15 is 0 Å². The molecule has 0 saturated carbocycles. The summed E-state index contributed by atoms with van der Waals surface area (Å²) in [5.41, 5.74) is 3.21. The van der Waals surface area contributed by atoms with Crippen LogP contribution >= 0.6 is 15.9 Å². The SMILES string of the molecule is Cc1ccccc1NCC(=O)NC(C)c1ccc(Br)cc1. The number of hydrogen-bond donors (Lipinski definition) is 2. The third-order valence-electron chi connectivity index (χ3n) is 3.33. The molecular formula is C17H19BrN2O. The van der Waals surface area contributed by atoms with Gasteiger partial charge in [0.05, 0.1) is 12.6 Å². The largest absolute Gasteiger partial charge is 0.376 e. The molecule has 21 heavy (non-hydrogen) atoms. The van der Waals surface area contributed by atoms with Crippen LogP contribution in [0.2, 0.25) is 0 Å². The lowest BCUT2D eigenvalue weighted by atomic mass is 10.1. The van der Waals surface area contributed by atoms with E-state index in [1.807, 2.05) is 62.4 Å². The predicted molar refractivity (Wildman–Crippen MR) is 90.4 cm³/mol. The van der Waals surface area contributed by atoms with Crippen LogP contribution in [0.15, 0.2) is 53.0 Å². The number of carbonyl (C=O) groups is 1. The Morgan fingerprint density at radius 1 is 1.14 bits per heavy atom. The average Bonchev–Trinajstić information content (AvgIpc) is 2.47. The molecule has 0 aliphatic heterocycles.